The van der Waals surface area contributed by atoms with Gasteiger partial charge in [-0.25, -0.2) is 4.79 Å². The van der Waals surface area contributed by atoms with Gasteiger partial charge in [0.1, 0.15) is 6.04 Å². The monoisotopic (exact) mass is 415 g/mol. The lowest BCUT2D eigenvalue weighted by Crippen LogP contribution is -2.39. The zero-order valence-electron chi connectivity index (χ0n) is 19.1. The van der Waals surface area contributed by atoms with Crippen LogP contribution >= 0.6 is 0 Å². The molecule has 0 rings (SSSR count). The second kappa shape index (κ2) is 20.1. The zero-order valence-corrected chi connectivity index (χ0v) is 19.1. The van der Waals surface area contributed by atoms with Gasteiger partial charge in [0.15, 0.2) is 0 Å². The van der Waals surface area contributed by atoms with E-state index in [2.05, 4.69) is 67.7 Å². The molecule has 0 radical (unpaired) electrons. The molecule has 2 atom stereocenters. The quantitative estimate of drug-likeness (QED) is 0.138. The number of hydrogen-bond donors (Lipinski definition) is 1. The summed E-state index contributed by atoms with van der Waals surface area (Å²) in [5, 5.41) is 0. The van der Waals surface area contributed by atoms with Crippen molar-refractivity contribution in [2.75, 3.05) is 0 Å². The van der Waals surface area contributed by atoms with Crippen molar-refractivity contribution in [3.05, 3.63) is 60.8 Å². The highest BCUT2D eigenvalue weighted by molar-refractivity contribution is 5.88. The lowest BCUT2D eigenvalue weighted by molar-refractivity contribution is -0.161. The third kappa shape index (κ3) is 16.7. The zero-order chi connectivity index (χ0) is 22.5. The standard InChI is InChI=1S/C26H41NO3/c1-4-6-7-8-9-10-11-12-13-14-15-16-17-18-19-20-21-22-24(28)30-26(29)25(27)23(3)5-2/h6-7,9-10,12-13,15-16,18-19,23,25H,4-5,8,11,14,17,20-22,27H2,1-3H3/b7-6-,10-9-,13-12-,16-15-,19-18-. The topological polar surface area (TPSA) is 69.4 Å². The van der Waals surface area contributed by atoms with Crippen molar-refractivity contribution in [3.63, 3.8) is 0 Å². The number of hydrogen-bond acceptors (Lipinski definition) is 4. The van der Waals surface area contributed by atoms with Gasteiger partial charge in [-0.2, -0.15) is 0 Å². The minimum absolute atomic E-state index is 0.00611. The molecule has 0 aliphatic heterocycles. The normalized spacial score (nSPS) is 14.5. The van der Waals surface area contributed by atoms with Gasteiger partial charge >= 0.3 is 11.9 Å². The average molecular weight is 416 g/mol. The molecule has 0 aromatic heterocycles. The number of nitrogens with two attached hydrogens (primary N) is 1. The first kappa shape index (κ1) is 27.8. The highest BCUT2D eigenvalue weighted by Crippen LogP contribution is 2.08. The van der Waals surface area contributed by atoms with Gasteiger partial charge in [0.25, 0.3) is 0 Å². The molecule has 4 nitrogen and oxygen atoms in total. The number of allylic oxidation sites excluding steroid dienone is 10. The van der Waals surface area contributed by atoms with E-state index in [1.54, 1.807) is 0 Å². The van der Waals surface area contributed by atoms with E-state index >= 15 is 0 Å². The highest BCUT2D eigenvalue weighted by Gasteiger charge is 2.23. The van der Waals surface area contributed by atoms with Crippen LogP contribution in [0.5, 0.6) is 0 Å². The Kier molecular flexibility index (Phi) is 18.6. The number of unbranched alkanes of at least 4 members (excludes halogenated alkanes) is 1. The van der Waals surface area contributed by atoms with Gasteiger partial charge in [0.2, 0.25) is 0 Å². The van der Waals surface area contributed by atoms with Gasteiger partial charge in [0.05, 0.1) is 0 Å². The van der Waals surface area contributed by atoms with E-state index in [0.29, 0.717) is 6.42 Å². The maximum atomic E-state index is 11.7. The first-order valence-electron chi connectivity index (χ1n) is 11.3. The Bertz CT molecular complexity index is 599. The Balaban J connectivity index is 3.72. The van der Waals surface area contributed by atoms with Crippen LogP contribution in [0.4, 0.5) is 0 Å². The molecule has 0 aromatic carbocycles. The van der Waals surface area contributed by atoms with Crippen LogP contribution in [0.15, 0.2) is 60.8 Å². The number of carbonyl (C=O) groups is 2. The van der Waals surface area contributed by atoms with Crippen molar-refractivity contribution in [2.24, 2.45) is 11.7 Å². The summed E-state index contributed by atoms with van der Waals surface area (Å²) in [5.74, 6) is -1.11. The van der Waals surface area contributed by atoms with E-state index in [4.69, 9.17) is 10.5 Å². The van der Waals surface area contributed by atoms with E-state index in [0.717, 1.165) is 44.9 Å². The summed E-state index contributed by atoms with van der Waals surface area (Å²) in [4.78, 5) is 23.4. The first-order valence-corrected chi connectivity index (χ1v) is 11.3. The maximum Gasteiger partial charge on any atom is 0.330 e. The van der Waals surface area contributed by atoms with Crippen LogP contribution in [0.1, 0.15) is 78.6 Å². The van der Waals surface area contributed by atoms with Crippen LogP contribution in [0.25, 0.3) is 0 Å². The summed E-state index contributed by atoms with van der Waals surface area (Å²) in [6.45, 7) is 5.96. The largest absolute Gasteiger partial charge is 0.392 e. The summed E-state index contributed by atoms with van der Waals surface area (Å²) in [5.41, 5.74) is 5.76. The van der Waals surface area contributed by atoms with Crippen LogP contribution in [-0.4, -0.2) is 18.0 Å². The molecule has 30 heavy (non-hydrogen) atoms. The third-order valence-corrected chi connectivity index (χ3v) is 4.65. The second-order valence-electron chi connectivity index (χ2n) is 7.30. The van der Waals surface area contributed by atoms with Crippen molar-refractivity contribution >= 4 is 11.9 Å². The Labute approximate surface area is 183 Å². The molecule has 0 saturated heterocycles. The molecule has 0 bridgehead atoms. The van der Waals surface area contributed by atoms with Crippen molar-refractivity contribution in [3.8, 4) is 0 Å². The number of ether oxygens (including phenoxy) is 1. The molecule has 168 valence electrons. The molecule has 0 aliphatic carbocycles. The second-order valence-corrected chi connectivity index (χ2v) is 7.30. The SMILES string of the molecule is CC/C=C\C/C=C\C/C=C\C/C=C\C/C=C\CCCC(=O)OC(=O)C(N)C(C)CC. The van der Waals surface area contributed by atoms with Crippen LogP contribution in [-0.2, 0) is 14.3 Å². The van der Waals surface area contributed by atoms with Crippen LogP contribution in [0.2, 0.25) is 0 Å². The number of rotatable bonds is 16. The molecule has 4 heteroatoms. The molecule has 0 saturated carbocycles. The fraction of sp³-hybridized carbons (Fsp3) is 0.538. The van der Waals surface area contributed by atoms with E-state index < -0.39 is 18.0 Å². The Morgan fingerprint density at radius 2 is 1.27 bits per heavy atom. The van der Waals surface area contributed by atoms with Gasteiger partial charge in [-0.15, -0.1) is 0 Å². The van der Waals surface area contributed by atoms with Crippen molar-refractivity contribution in [1.29, 1.82) is 0 Å². The molecule has 2 unspecified atom stereocenters. The lowest BCUT2D eigenvalue weighted by Gasteiger charge is -2.15. The van der Waals surface area contributed by atoms with Crippen molar-refractivity contribution in [2.45, 2.75) is 84.6 Å². The molecule has 0 spiro atoms. The minimum Gasteiger partial charge on any atom is -0.392 e. The molecular weight excluding hydrogens is 374 g/mol. The minimum atomic E-state index is -0.732. The van der Waals surface area contributed by atoms with E-state index in [-0.39, 0.29) is 12.3 Å². The Morgan fingerprint density at radius 3 is 1.73 bits per heavy atom. The lowest BCUT2D eigenvalue weighted by atomic mass is 10.0. The number of carbonyl (C=O) groups excluding carboxylic acids is 2. The van der Waals surface area contributed by atoms with Crippen LogP contribution < -0.4 is 5.73 Å². The first-order chi connectivity index (χ1) is 14.5. The van der Waals surface area contributed by atoms with Gasteiger partial charge in [-0.1, -0.05) is 88.0 Å². The van der Waals surface area contributed by atoms with Gasteiger partial charge in [-0.3, -0.25) is 4.79 Å². The van der Waals surface area contributed by atoms with E-state index in [1.165, 1.54) is 0 Å². The molecule has 0 aliphatic rings. The summed E-state index contributed by atoms with van der Waals surface area (Å²) >= 11 is 0. The van der Waals surface area contributed by atoms with E-state index in [1.807, 2.05) is 13.8 Å². The smallest absolute Gasteiger partial charge is 0.330 e. The fourth-order valence-corrected chi connectivity index (χ4v) is 2.45. The molecule has 0 aromatic rings. The van der Waals surface area contributed by atoms with Gasteiger partial charge < -0.3 is 10.5 Å². The van der Waals surface area contributed by atoms with Gasteiger partial charge in [-0.05, 0) is 50.9 Å². The summed E-state index contributed by atoms with van der Waals surface area (Å²) in [6.07, 6.45) is 28.9. The summed E-state index contributed by atoms with van der Waals surface area (Å²) in [6, 6.07) is -0.732. The highest BCUT2D eigenvalue weighted by atomic mass is 16.6. The van der Waals surface area contributed by atoms with Crippen molar-refractivity contribution < 1.29 is 14.3 Å². The fourth-order valence-electron chi connectivity index (χ4n) is 2.45. The molecule has 0 fully saturated rings. The Morgan fingerprint density at radius 1 is 0.800 bits per heavy atom. The molecule has 2 N–H and O–H groups in total. The predicted molar refractivity (Wildman–Crippen MR) is 127 cm³/mol. The molecule has 0 amide bonds. The number of esters is 2. The third-order valence-electron chi connectivity index (χ3n) is 4.65. The van der Waals surface area contributed by atoms with Crippen LogP contribution in [0.3, 0.4) is 0 Å². The van der Waals surface area contributed by atoms with Gasteiger partial charge in [0, 0.05) is 6.42 Å². The van der Waals surface area contributed by atoms with Crippen LogP contribution in [0, 0.1) is 5.92 Å². The molecular formula is C26H41NO3. The van der Waals surface area contributed by atoms with E-state index in [9.17, 15) is 9.59 Å². The summed E-state index contributed by atoms with van der Waals surface area (Å²) in [7, 11) is 0. The Hall–Kier alpha value is -2.20. The maximum absolute atomic E-state index is 11.7. The summed E-state index contributed by atoms with van der Waals surface area (Å²) < 4.78 is 4.81. The predicted octanol–water partition coefficient (Wildman–Crippen LogP) is 6.35. The average Bonchev–Trinajstić information content (AvgIpc) is 2.74. The van der Waals surface area contributed by atoms with Crippen molar-refractivity contribution in [1.82, 2.24) is 0 Å². The molecule has 0 heterocycles.